The predicted molar refractivity (Wildman–Crippen MR) is 89.6 cm³/mol. The van der Waals surface area contributed by atoms with E-state index in [4.69, 9.17) is 0 Å². The van der Waals surface area contributed by atoms with E-state index in [1.165, 1.54) is 19.3 Å². The highest BCUT2D eigenvalue weighted by Crippen LogP contribution is 2.25. The van der Waals surface area contributed by atoms with Crippen molar-refractivity contribution in [3.63, 3.8) is 0 Å². The first-order valence-electron chi connectivity index (χ1n) is 7.82. The molecule has 1 saturated carbocycles. The fourth-order valence-corrected chi connectivity index (χ4v) is 3.10. The van der Waals surface area contributed by atoms with Gasteiger partial charge < -0.3 is 10.6 Å². The number of aromatic nitrogens is 1. The van der Waals surface area contributed by atoms with E-state index in [1.54, 1.807) is 6.20 Å². The highest BCUT2D eigenvalue weighted by atomic mass is 79.9. The average molecular weight is 354 g/mol. The number of rotatable bonds is 5. The number of nitrogens with zero attached hydrogens (tertiary/aromatic N) is 1. The fourth-order valence-electron chi connectivity index (χ4n) is 2.77. The molecule has 1 aromatic rings. The monoisotopic (exact) mass is 353 g/mol. The first-order chi connectivity index (χ1) is 10.1. The minimum atomic E-state index is -0.0267. The van der Waals surface area contributed by atoms with Crippen LogP contribution in [0.2, 0.25) is 0 Å². The van der Waals surface area contributed by atoms with Crippen molar-refractivity contribution in [1.82, 2.24) is 10.3 Å². The van der Waals surface area contributed by atoms with Crippen molar-refractivity contribution in [1.29, 1.82) is 0 Å². The summed E-state index contributed by atoms with van der Waals surface area (Å²) in [6, 6.07) is 2.12. The van der Waals surface area contributed by atoms with Crippen LogP contribution in [-0.2, 0) is 0 Å². The van der Waals surface area contributed by atoms with E-state index in [1.807, 2.05) is 6.07 Å². The minimum absolute atomic E-state index is 0.0267. The van der Waals surface area contributed by atoms with Crippen molar-refractivity contribution in [2.45, 2.75) is 52.0 Å². The van der Waals surface area contributed by atoms with Crippen LogP contribution in [0.25, 0.3) is 0 Å². The zero-order chi connectivity index (χ0) is 15.2. The molecule has 1 aromatic heterocycles. The third-order valence-electron chi connectivity index (χ3n) is 4.07. The Balaban J connectivity index is 2.11. The lowest BCUT2D eigenvalue weighted by Gasteiger charge is -2.29. The van der Waals surface area contributed by atoms with Crippen molar-refractivity contribution in [2.24, 2.45) is 5.92 Å². The van der Waals surface area contributed by atoms with Crippen molar-refractivity contribution >= 4 is 27.7 Å². The largest absolute Gasteiger partial charge is 0.369 e. The van der Waals surface area contributed by atoms with Gasteiger partial charge in [0.15, 0.2) is 0 Å². The zero-order valence-corrected chi connectivity index (χ0v) is 14.4. The van der Waals surface area contributed by atoms with Crippen LogP contribution in [-0.4, -0.2) is 23.5 Å². The van der Waals surface area contributed by atoms with Gasteiger partial charge in [-0.1, -0.05) is 26.7 Å². The summed E-state index contributed by atoms with van der Waals surface area (Å²) >= 11 is 3.40. The first kappa shape index (κ1) is 16.3. The third-order valence-corrected chi connectivity index (χ3v) is 4.50. The van der Waals surface area contributed by atoms with Crippen molar-refractivity contribution < 1.29 is 4.79 Å². The molecule has 0 aromatic carbocycles. The van der Waals surface area contributed by atoms with Crippen LogP contribution in [0.1, 0.15) is 56.3 Å². The highest BCUT2D eigenvalue weighted by molar-refractivity contribution is 9.10. The third kappa shape index (κ3) is 4.43. The molecule has 1 aliphatic rings. The maximum Gasteiger partial charge on any atom is 0.255 e. The molecule has 2 N–H and O–H groups in total. The standard InChI is InChI=1S/C16H24BrN3O/c1-3-8-18-15-13(9-12(17)10-19-15)16(21)20-14-7-5-4-6-11(14)2/h9-11,14H,3-8H2,1-2H3,(H,18,19)(H,20,21). The Labute approximate surface area is 135 Å². The SMILES string of the molecule is CCCNc1ncc(Br)cc1C(=O)NC1CCCCC1C. The lowest BCUT2D eigenvalue weighted by atomic mass is 9.86. The predicted octanol–water partition coefficient (Wildman–Crippen LogP) is 3.97. The van der Waals surface area contributed by atoms with Gasteiger partial charge in [-0.2, -0.15) is 0 Å². The maximum absolute atomic E-state index is 12.6. The van der Waals surface area contributed by atoms with Crippen molar-refractivity contribution in [2.75, 3.05) is 11.9 Å². The number of carbonyl (C=O) groups is 1. The van der Waals surface area contributed by atoms with E-state index in [0.29, 0.717) is 17.3 Å². The summed E-state index contributed by atoms with van der Waals surface area (Å²) in [4.78, 5) is 16.9. The number of nitrogens with one attached hydrogen (secondary N) is 2. The van der Waals surface area contributed by atoms with E-state index in [0.717, 1.165) is 23.9 Å². The normalized spacial score (nSPS) is 21.9. The molecule has 2 unspecified atom stereocenters. The maximum atomic E-state index is 12.6. The molecule has 116 valence electrons. The molecule has 1 amide bonds. The summed E-state index contributed by atoms with van der Waals surface area (Å²) in [5, 5.41) is 6.42. The fraction of sp³-hybridized carbons (Fsp3) is 0.625. The van der Waals surface area contributed by atoms with Crippen LogP contribution in [0.4, 0.5) is 5.82 Å². The van der Waals surface area contributed by atoms with Gasteiger partial charge in [-0.05, 0) is 47.2 Å². The molecular weight excluding hydrogens is 330 g/mol. The summed E-state index contributed by atoms with van der Waals surface area (Å²) in [6.07, 6.45) is 7.47. The van der Waals surface area contributed by atoms with Crippen molar-refractivity contribution in [3.05, 3.63) is 22.3 Å². The summed E-state index contributed by atoms with van der Waals surface area (Å²) < 4.78 is 0.825. The molecule has 0 aliphatic heterocycles. The molecule has 0 radical (unpaired) electrons. The number of anilines is 1. The molecule has 5 heteroatoms. The Morgan fingerprint density at radius 3 is 2.90 bits per heavy atom. The van der Waals surface area contributed by atoms with E-state index >= 15 is 0 Å². The topological polar surface area (TPSA) is 54.0 Å². The van der Waals surface area contributed by atoms with Crippen LogP contribution < -0.4 is 10.6 Å². The number of halogens is 1. The molecule has 2 atom stereocenters. The van der Waals surface area contributed by atoms with Gasteiger partial charge in [0.1, 0.15) is 5.82 Å². The van der Waals surface area contributed by atoms with Crippen LogP contribution in [0.5, 0.6) is 0 Å². The van der Waals surface area contributed by atoms with Gasteiger partial charge in [0, 0.05) is 23.3 Å². The van der Waals surface area contributed by atoms with Gasteiger partial charge in [0.25, 0.3) is 5.91 Å². The number of carbonyl (C=O) groups excluding carboxylic acids is 1. The molecule has 4 nitrogen and oxygen atoms in total. The van der Waals surface area contributed by atoms with Crippen LogP contribution in [0.15, 0.2) is 16.7 Å². The van der Waals surface area contributed by atoms with E-state index in [2.05, 4.69) is 45.4 Å². The molecule has 0 spiro atoms. The lowest BCUT2D eigenvalue weighted by molar-refractivity contribution is 0.0910. The summed E-state index contributed by atoms with van der Waals surface area (Å²) in [6.45, 7) is 5.13. The molecular formula is C16H24BrN3O. The summed E-state index contributed by atoms with van der Waals surface area (Å²) in [7, 11) is 0. The molecule has 1 fully saturated rings. The highest BCUT2D eigenvalue weighted by Gasteiger charge is 2.24. The van der Waals surface area contributed by atoms with E-state index in [9.17, 15) is 4.79 Å². The van der Waals surface area contributed by atoms with Gasteiger partial charge in [-0.3, -0.25) is 4.79 Å². The summed E-state index contributed by atoms with van der Waals surface area (Å²) in [5.41, 5.74) is 0.621. The van der Waals surface area contributed by atoms with Gasteiger partial charge in [-0.15, -0.1) is 0 Å². The second kappa shape index (κ2) is 7.78. The molecule has 21 heavy (non-hydrogen) atoms. The Morgan fingerprint density at radius 2 is 2.19 bits per heavy atom. The second-order valence-electron chi connectivity index (χ2n) is 5.82. The Bertz CT molecular complexity index is 492. The zero-order valence-electron chi connectivity index (χ0n) is 12.8. The summed E-state index contributed by atoms with van der Waals surface area (Å²) in [5.74, 6) is 1.19. The van der Waals surface area contributed by atoms with Gasteiger partial charge in [0.2, 0.25) is 0 Å². The number of pyridine rings is 1. The molecule has 1 aliphatic carbocycles. The molecule has 0 saturated heterocycles. The average Bonchev–Trinajstić information content (AvgIpc) is 2.48. The molecule has 0 bridgehead atoms. The van der Waals surface area contributed by atoms with Crippen LogP contribution >= 0.6 is 15.9 Å². The Morgan fingerprint density at radius 1 is 1.43 bits per heavy atom. The van der Waals surface area contributed by atoms with Gasteiger partial charge in [0.05, 0.1) is 5.56 Å². The number of hydrogen-bond acceptors (Lipinski definition) is 3. The van der Waals surface area contributed by atoms with Crippen LogP contribution in [0.3, 0.4) is 0 Å². The quantitative estimate of drug-likeness (QED) is 0.841. The molecule has 2 rings (SSSR count). The van der Waals surface area contributed by atoms with E-state index < -0.39 is 0 Å². The van der Waals surface area contributed by atoms with Crippen LogP contribution in [0, 0.1) is 5.92 Å². The van der Waals surface area contributed by atoms with Gasteiger partial charge >= 0.3 is 0 Å². The number of amides is 1. The number of hydrogen-bond donors (Lipinski definition) is 2. The van der Waals surface area contributed by atoms with Gasteiger partial charge in [-0.25, -0.2) is 4.98 Å². The van der Waals surface area contributed by atoms with E-state index in [-0.39, 0.29) is 11.9 Å². The second-order valence-corrected chi connectivity index (χ2v) is 6.73. The lowest BCUT2D eigenvalue weighted by Crippen LogP contribution is -2.41. The Kier molecular flexibility index (Phi) is 6.03. The Hall–Kier alpha value is -1.10. The first-order valence-corrected chi connectivity index (χ1v) is 8.61. The smallest absolute Gasteiger partial charge is 0.255 e. The minimum Gasteiger partial charge on any atom is -0.369 e. The van der Waals surface area contributed by atoms with Crippen molar-refractivity contribution in [3.8, 4) is 0 Å². The molecule has 1 heterocycles.